The molecule has 1 heterocycles. The molecule has 0 spiro atoms. The van der Waals surface area contributed by atoms with Crippen LogP contribution in [0.2, 0.25) is 5.02 Å². The number of benzene rings is 1. The van der Waals surface area contributed by atoms with Crippen molar-refractivity contribution in [1.29, 1.82) is 0 Å². The molecular weight excluding hydrogens is 250 g/mol. The fourth-order valence-electron chi connectivity index (χ4n) is 1.46. The van der Waals surface area contributed by atoms with Gasteiger partial charge in [-0.15, -0.1) is 0 Å². The third-order valence-electron chi connectivity index (χ3n) is 2.15. The van der Waals surface area contributed by atoms with Crippen molar-refractivity contribution in [2.24, 2.45) is 0 Å². The van der Waals surface area contributed by atoms with E-state index in [-0.39, 0.29) is 5.91 Å². The van der Waals surface area contributed by atoms with Gasteiger partial charge in [0.25, 0.3) is 0 Å². The van der Waals surface area contributed by atoms with Crippen LogP contribution in [0, 0.1) is 6.92 Å². The summed E-state index contributed by atoms with van der Waals surface area (Å²) in [6.07, 6.45) is 0. The molecule has 5 heteroatoms. The maximum atomic E-state index is 11.6. The molecule has 0 bridgehead atoms. The second-order valence-electron chi connectivity index (χ2n) is 3.21. The van der Waals surface area contributed by atoms with Gasteiger partial charge in [0, 0.05) is 5.02 Å². The van der Waals surface area contributed by atoms with Crippen molar-refractivity contribution in [2.75, 3.05) is 10.7 Å². The van der Waals surface area contributed by atoms with E-state index in [0.717, 1.165) is 11.3 Å². The van der Waals surface area contributed by atoms with E-state index in [2.05, 4.69) is 0 Å². The number of amides is 1. The lowest BCUT2D eigenvalue weighted by Crippen LogP contribution is -2.28. The Hall–Kier alpha value is -0.580. The summed E-state index contributed by atoms with van der Waals surface area (Å²) >= 11 is 12.4. The van der Waals surface area contributed by atoms with E-state index >= 15 is 0 Å². The standard InChI is InChI=1S/C10H8ClNOS2/c1-6-4-7(11)2-3-8(6)12-9(13)5-15-10(12)14/h2-4H,5H2,1H3. The van der Waals surface area contributed by atoms with Gasteiger partial charge in [0.2, 0.25) is 5.91 Å². The molecule has 2 rings (SSSR count). The predicted octanol–water partition coefficient (Wildman–Crippen LogP) is 3.01. The molecule has 1 aliphatic heterocycles. The van der Waals surface area contributed by atoms with Crippen molar-refractivity contribution in [2.45, 2.75) is 6.92 Å². The summed E-state index contributed by atoms with van der Waals surface area (Å²) in [6, 6.07) is 5.42. The summed E-state index contributed by atoms with van der Waals surface area (Å²) in [4.78, 5) is 13.2. The van der Waals surface area contributed by atoms with Gasteiger partial charge in [0.05, 0.1) is 11.4 Å². The molecule has 1 aromatic carbocycles. The van der Waals surface area contributed by atoms with E-state index in [0.29, 0.717) is 15.1 Å². The Kier molecular flexibility index (Phi) is 3.00. The number of halogens is 1. The van der Waals surface area contributed by atoms with Crippen molar-refractivity contribution in [1.82, 2.24) is 0 Å². The number of nitrogens with zero attached hydrogens (tertiary/aromatic N) is 1. The fraction of sp³-hybridized carbons (Fsp3) is 0.200. The highest BCUT2D eigenvalue weighted by Gasteiger charge is 2.28. The van der Waals surface area contributed by atoms with Crippen molar-refractivity contribution < 1.29 is 4.79 Å². The Bertz CT molecular complexity index is 431. The van der Waals surface area contributed by atoms with E-state index in [1.165, 1.54) is 11.8 Å². The van der Waals surface area contributed by atoms with Gasteiger partial charge < -0.3 is 0 Å². The number of aryl methyl sites for hydroxylation is 1. The first-order valence-corrected chi connectivity index (χ1v) is 6.12. The molecule has 1 fully saturated rings. The largest absolute Gasteiger partial charge is 0.273 e. The quantitative estimate of drug-likeness (QED) is 0.722. The normalized spacial score (nSPS) is 16.3. The first-order valence-electron chi connectivity index (χ1n) is 4.35. The number of carbonyl (C=O) groups excluding carboxylic acids is 1. The van der Waals surface area contributed by atoms with Crippen molar-refractivity contribution in [3.63, 3.8) is 0 Å². The third kappa shape index (κ3) is 2.02. The maximum Gasteiger partial charge on any atom is 0.243 e. The van der Waals surface area contributed by atoms with Crippen LogP contribution in [-0.2, 0) is 4.79 Å². The summed E-state index contributed by atoms with van der Waals surface area (Å²) in [6.45, 7) is 1.92. The second-order valence-corrected chi connectivity index (χ2v) is 5.26. The van der Waals surface area contributed by atoms with E-state index < -0.39 is 0 Å². The van der Waals surface area contributed by atoms with Crippen LogP contribution >= 0.6 is 35.6 Å². The third-order valence-corrected chi connectivity index (χ3v) is 3.74. The van der Waals surface area contributed by atoms with Crippen LogP contribution in [0.1, 0.15) is 5.56 Å². The van der Waals surface area contributed by atoms with E-state index in [1.807, 2.05) is 19.1 Å². The molecule has 0 aromatic heterocycles. The Balaban J connectivity index is 2.45. The summed E-state index contributed by atoms with van der Waals surface area (Å²) in [5.41, 5.74) is 1.79. The van der Waals surface area contributed by atoms with Gasteiger partial charge in [-0.25, -0.2) is 0 Å². The van der Waals surface area contributed by atoms with Crippen LogP contribution in [0.3, 0.4) is 0 Å². The van der Waals surface area contributed by atoms with Crippen LogP contribution in [0.5, 0.6) is 0 Å². The zero-order valence-electron chi connectivity index (χ0n) is 7.99. The molecule has 15 heavy (non-hydrogen) atoms. The molecule has 2 nitrogen and oxygen atoms in total. The molecular formula is C10H8ClNOS2. The average molecular weight is 258 g/mol. The summed E-state index contributed by atoms with van der Waals surface area (Å²) in [5, 5.41) is 0.668. The molecule has 0 saturated carbocycles. The SMILES string of the molecule is Cc1cc(Cl)ccc1N1C(=O)CSC1=S. The first-order chi connectivity index (χ1) is 7.09. The zero-order valence-corrected chi connectivity index (χ0v) is 10.4. The number of carbonyl (C=O) groups is 1. The predicted molar refractivity (Wildman–Crippen MR) is 68.7 cm³/mol. The average Bonchev–Trinajstić information content (AvgIpc) is 2.48. The van der Waals surface area contributed by atoms with Gasteiger partial charge >= 0.3 is 0 Å². The van der Waals surface area contributed by atoms with Crippen LogP contribution in [-0.4, -0.2) is 16.0 Å². The molecule has 0 atom stereocenters. The molecule has 0 aliphatic carbocycles. The smallest absolute Gasteiger partial charge is 0.243 e. The molecule has 0 unspecified atom stereocenters. The minimum Gasteiger partial charge on any atom is -0.273 e. The molecule has 0 N–H and O–H groups in total. The highest BCUT2D eigenvalue weighted by Crippen LogP contribution is 2.30. The van der Waals surface area contributed by atoms with Crippen LogP contribution in [0.15, 0.2) is 18.2 Å². The van der Waals surface area contributed by atoms with Crippen LogP contribution in [0.4, 0.5) is 5.69 Å². The monoisotopic (exact) mass is 257 g/mol. The molecule has 0 radical (unpaired) electrons. The first kappa shape index (κ1) is 10.9. The molecule has 1 amide bonds. The number of hydrogen-bond acceptors (Lipinski definition) is 3. The van der Waals surface area contributed by atoms with E-state index in [9.17, 15) is 4.79 Å². The number of thiocarbonyl (C=S) groups is 1. The highest BCUT2D eigenvalue weighted by atomic mass is 35.5. The second kappa shape index (κ2) is 4.12. The molecule has 1 aromatic rings. The van der Waals surface area contributed by atoms with Gasteiger partial charge in [-0.1, -0.05) is 35.6 Å². The van der Waals surface area contributed by atoms with Gasteiger partial charge in [-0.05, 0) is 30.7 Å². The number of rotatable bonds is 1. The molecule has 1 aliphatic rings. The van der Waals surface area contributed by atoms with Gasteiger partial charge in [-0.3, -0.25) is 9.69 Å². The Labute approximate surface area is 103 Å². The topological polar surface area (TPSA) is 20.3 Å². The number of hydrogen-bond donors (Lipinski definition) is 0. The van der Waals surface area contributed by atoms with Gasteiger partial charge in [0.1, 0.15) is 4.32 Å². The van der Waals surface area contributed by atoms with E-state index in [1.54, 1.807) is 11.0 Å². The molecule has 1 saturated heterocycles. The summed E-state index contributed by atoms with van der Waals surface area (Å²) in [7, 11) is 0. The Morgan fingerprint density at radius 2 is 2.27 bits per heavy atom. The lowest BCUT2D eigenvalue weighted by molar-refractivity contribution is -0.115. The minimum absolute atomic E-state index is 0.0374. The Morgan fingerprint density at radius 3 is 2.80 bits per heavy atom. The number of anilines is 1. The minimum atomic E-state index is 0.0374. The van der Waals surface area contributed by atoms with Crippen molar-refractivity contribution in [3.05, 3.63) is 28.8 Å². The summed E-state index contributed by atoms with van der Waals surface area (Å²) < 4.78 is 0.616. The van der Waals surface area contributed by atoms with Crippen molar-refractivity contribution >= 4 is 51.5 Å². The zero-order chi connectivity index (χ0) is 11.0. The summed E-state index contributed by atoms with van der Waals surface area (Å²) in [5.74, 6) is 0.469. The maximum absolute atomic E-state index is 11.6. The molecule has 78 valence electrons. The Morgan fingerprint density at radius 1 is 1.53 bits per heavy atom. The van der Waals surface area contributed by atoms with Crippen LogP contribution in [0.25, 0.3) is 0 Å². The lowest BCUT2D eigenvalue weighted by Gasteiger charge is -2.17. The fourth-order valence-corrected chi connectivity index (χ4v) is 2.77. The van der Waals surface area contributed by atoms with Crippen LogP contribution < -0.4 is 4.90 Å². The van der Waals surface area contributed by atoms with Crippen molar-refractivity contribution in [3.8, 4) is 0 Å². The van der Waals surface area contributed by atoms with E-state index in [4.69, 9.17) is 23.8 Å². The van der Waals surface area contributed by atoms with Gasteiger partial charge in [-0.2, -0.15) is 0 Å². The highest BCUT2D eigenvalue weighted by molar-refractivity contribution is 8.24. The van der Waals surface area contributed by atoms with Gasteiger partial charge in [0.15, 0.2) is 0 Å². The number of thioether (sulfide) groups is 1. The lowest BCUT2D eigenvalue weighted by atomic mass is 10.2.